The number of rotatable bonds is 6. The summed E-state index contributed by atoms with van der Waals surface area (Å²) in [6.07, 6.45) is 2.06. The van der Waals surface area contributed by atoms with Gasteiger partial charge in [-0.05, 0) is 24.2 Å². The Morgan fingerprint density at radius 2 is 1.80 bits per heavy atom. The number of nitrogens with one attached hydrogen (secondary N) is 1. The van der Waals surface area contributed by atoms with Gasteiger partial charge in [-0.3, -0.25) is 9.59 Å². The van der Waals surface area contributed by atoms with Gasteiger partial charge in [-0.15, -0.1) is 0 Å². The zero-order chi connectivity index (χ0) is 15.3. The maximum absolute atomic E-state index is 12.6. The summed E-state index contributed by atoms with van der Waals surface area (Å²) in [5, 5.41) is 2.86. The van der Waals surface area contributed by atoms with E-state index in [1.165, 1.54) is 0 Å². The standard InChI is InChI=1S/C16H30N2O2/c1-6-7-14-16(20)18(9-8-15(19)17-14)10-13(11(2)3)12(4)5/h11-14H,6-10H2,1-5H3,(H,17,19). The highest BCUT2D eigenvalue weighted by Crippen LogP contribution is 2.23. The third-order valence-corrected chi connectivity index (χ3v) is 4.27. The van der Waals surface area contributed by atoms with Gasteiger partial charge in [0.15, 0.2) is 0 Å². The van der Waals surface area contributed by atoms with Gasteiger partial charge >= 0.3 is 0 Å². The SMILES string of the molecule is CCCC1NC(=O)CCN(CC(C(C)C)C(C)C)C1=O. The summed E-state index contributed by atoms with van der Waals surface area (Å²) in [5.41, 5.74) is 0. The molecule has 1 saturated heterocycles. The van der Waals surface area contributed by atoms with Crippen molar-refractivity contribution in [2.75, 3.05) is 13.1 Å². The van der Waals surface area contributed by atoms with E-state index in [9.17, 15) is 9.59 Å². The molecule has 0 aromatic heterocycles. The highest BCUT2D eigenvalue weighted by atomic mass is 16.2. The van der Waals surface area contributed by atoms with Crippen LogP contribution in [0.4, 0.5) is 0 Å². The van der Waals surface area contributed by atoms with Gasteiger partial charge in [-0.2, -0.15) is 0 Å². The van der Waals surface area contributed by atoms with Gasteiger partial charge < -0.3 is 10.2 Å². The number of nitrogens with zero attached hydrogens (tertiary/aromatic N) is 1. The first-order valence-electron chi connectivity index (χ1n) is 7.94. The van der Waals surface area contributed by atoms with E-state index in [2.05, 4.69) is 33.0 Å². The van der Waals surface area contributed by atoms with Crippen molar-refractivity contribution in [3.63, 3.8) is 0 Å². The van der Waals surface area contributed by atoms with E-state index in [1.54, 1.807) is 0 Å². The summed E-state index contributed by atoms with van der Waals surface area (Å²) >= 11 is 0. The normalized spacial score (nSPS) is 20.8. The Balaban J connectivity index is 2.80. The van der Waals surface area contributed by atoms with Crippen LogP contribution in [0.2, 0.25) is 0 Å². The summed E-state index contributed by atoms with van der Waals surface area (Å²) < 4.78 is 0. The van der Waals surface area contributed by atoms with Crippen molar-refractivity contribution in [1.29, 1.82) is 0 Å². The molecule has 1 N–H and O–H groups in total. The van der Waals surface area contributed by atoms with E-state index in [0.29, 0.717) is 30.7 Å². The highest BCUT2D eigenvalue weighted by molar-refractivity contribution is 5.89. The van der Waals surface area contributed by atoms with E-state index >= 15 is 0 Å². The monoisotopic (exact) mass is 282 g/mol. The average Bonchev–Trinajstić information content (AvgIpc) is 2.48. The van der Waals surface area contributed by atoms with Gasteiger partial charge in [0, 0.05) is 19.5 Å². The molecule has 20 heavy (non-hydrogen) atoms. The molecule has 0 radical (unpaired) electrons. The van der Waals surface area contributed by atoms with Crippen LogP contribution in [0, 0.1) is 17.8 Å². The van der Waals surface area contributed by atoms with Crippen molar-refractivity contribution in [1.82, 2.24) is 10.2 Å². The Hall–Kier alpha value is -1.06. The molecule has 1 unspecified atom stereocenters. The first kappa shape index (κ1) is 17.0. The third kappa shape index (κ3) is 4.50. The second kappa shape index (κ2) is 7.65. The van der Waals surface area contributed by atoms with Crippen molar-refractivity contribution in [3.05, 3.63) is 0 Å². The van der Waals surface area contributed by atoms with Crippen LogP contribution < -0.4 is 5.32 Å². The molecule has 4 heteroatoms. The van der Waals surface area contributed by atoms with Crippen LogP contribution in [0.15, 0.2) is 0 Å². The van der Waals surface area contributed by atoms with Gasteiger partial charge in [-0.25, -0.2) is 0 Å². The molecule has 1 heterocycles. The minimum atomic E-state index is -0.324. The molecule has 1 fully saturated rings. The lowest BCUT2D eigenvalue weighted by Gasteiger charge is -2.32. The van der Waals surface area contributed by atoms with E-state index < -0.39 is 0 Å². The Morgan fingerprint density at radius 3 is 2.30 bits per heavy atom. The molecule has 0 bridgehead atoms. The zero-order valence-electron chi connectivity index (χ0n) is 13.6. The molecule has 0 spiro atoms. The molecule has 4 nitrogen and oxygen atoms in total. The van der Waals surface area contributed by atoms with Crippen LogP contribution in [-0.2, 0) is 9.59 Å². The Bertz CT molecular complexity index is 331. The summed E-state index contributed by atoms with van der Waals surface area (Å²) in [7, 11) is 0. The summed E-state index contributed by atoms with van der Waals surface area (Å²) in [5.74, 6) is 1.67. The van der Waals surface area contributed by atoms with Crippen LogP contribution in [0.1, 0.15) is 53.9 Å². The third-order valence-electron chi connectivity index (χ3n) is 4.27. The van der Waals surface area contributed by atoms with Crippen LogP contribution in [-0.4, -0.2) is 35.8 Å². The van der Waals surface area contributed by atoms with Crippen molar-refractivity contribution in [2.24, 2.45) is 17.8 Å². The van der Waals surface area contributed by atoms with Gasteiger partial charge in [-0.1, -0.05) is 41.0 Å². The molecule has 1 rings (SSSR count). The fourth-order valence-corrected chi connectivity index (χ4v) is 3.01. The highest BCUT2D eigenvalue weighted by Gasteiger charge is 2.31. The maximum atomic E-state index is 12.6. The fourth-order valence-electron chi connectivity index (χ4n) is 3.01. The smallest absolute Gasteiger partial charge is 0.245 e. The number of carbonyl (C=O) groups is 2. The van der Waals surface area contributed by atoms with Crippen LogP contribution >= 0.6 is 0 Å². The predicted molar refractivity (Wildman–Crippen MR) is 81.2 cm³/mol. The summed E-state index contributed by atoms with van der Waals surface area (Å²) in [4.78, 5) is 26.2. The minimum Gasteiger partial charge on any atom is -0.344 e. The molecule has 0 aliphatic carbocycles. The van der Waals surface area contributed by atoms with E-state index in [1.807, 2.05) is 11.8 Å². The second-order valence-corrected chi connectivity index (χ2v) is 6.59. The molecule has 2 amide bonds. The van der Waals surface area contributed by atoms with Crippen LogP contribution in [0.5, 0.6) is 0 Å². The van der Waals surface area contributed by atoms with Crippen LogP contribution in [0.25, 0.3) is 0 Å². The molecular weight excluding hydrogens is 252 g/mol. The Kier molecular flexibility index (Phi) is 6.50. The molecular formula is C16H30N2O2. The molecule has 1 aliphatic heterocycles. The average molecular weight is 282 g/mol. The van der Waals surface area contributed by atoms with E-state index in [-0.39, 0.29) is 17.9 Å². The van der Waals surface area contributed by atoms with Crippen molar-refractivity contribution in [3.8, 4) is 0 Å². The quantitative estimate of drug-likeness (QED) is 0.813. The maximum Gasteiger partial charge on any atom is 0.245 e. The van der Waals surface area contributed by atoms with Crippen molar-refractivity contribution in [2.45, 2.75) is 59.9 Å². The number of hydrogen-bond donors (Lipinski definition) is 1. The van der Waals surface area contributed by atoms with E-state index in [0.717, 1.165) is 19.4 Å². The fraction of sp³-hybridized carbons (Fsp3) is 0.875. The van der Waals surface area contributed by atoms with Gasteiger partial charge in [0.1, 0.15) is 6.04 Å². The van der Waals surface area contributed by atoms with Crippen molar-refractivity contribution < 1.29 is 9.59 Å². The topological polar surface area (TPSA) is 49.4 Å². The Morgan fingerprint density at radius 1 is 1.20 bits per heavy atom. The number of hydrogen-bond acceptors (Lipinski definition) is 2. The lowest BCUT2D eigenvalue weighted by Crippen LogP contribution is -2.46. The summed E-state index contributed by atoms with van der Waals surface area (Å²) in [6, 6.07) is -0.324. The van der Waals surface area contributed by atoms with E-state index in [4.69, 9.17) is 0 Å². The summed E-state index contributed by atoms with van der Waals surface area (Å²) in [6.45, 7) is 12.2. The second-order valence-electron chi connectivity index (χ2n) is 6.59. The molecule has 116 valence electrons. The predicted octanol–water partition coefficient (Wildman–Crippen LogP) is 2.43. The first-order chi connectivity index (χ1) is 9.36. The first-order valence-corrected chi connectivity index (χ1v) is 7.94. The lowest BCUT2D eigenvalue weighted by molar-refractivity contribution is -0.134. The van der Waals surface area contributed by atoms with Crippen molar-refractivity contribution >= 4 is 11.8 Å². The molecule has 0 aromatic rings. The largest absolute Gasteiger partial charge is 0.344 e. The number of carbonyl (C=O) groups excluding carboxylic acids is 2. The van der Waals surface area contributed by atoms with Gasteiger partial charge in [0.2, 0.25) is 11.8 Å². The number of amides is 2. The van der Waals surface area contributed by atoms with Gasteiger partial charge in [0.25, 0.3) is 0 Å². The molecule has 0 aromatic carbocycles. The zero-order valence-corrected chi connectivity index (χ0v) is 13.6. The van der Waals surface area contributed by atoms with Crippen LogP contribution in [0.3, 0.4) is 0 Å². The minimum absolute atomic E-state index is 0.00458. The Labute approximate surface area is 123 Å². The molecule has 1 aliphatic rings. The van der Waals surface area contributed by atoms with Gasteiger partial charge in [0.05, 0.1) is 0 Å². The molecule has 1 atom stereocenters. The molecule has 0 saturated carbocycles. The lowest BCUT2D eigenvalue weighted by atomic mass is 9.85.